The topological polar surface area (TPSA) is 60.4 Å². The average molecular weight is 332 g/mol. The van der Waals surface area contributed by atoms with E-state index in [1.807, 2.05) is 19.9 Å². The summed E-state index contributed by atoms with van der Waals surface area (Å²) in [6.07, 6.45) is 0. The van der Waals surface area contributed by atoms with Crippen molar-refractivity contribution in [3.63, 3.8) is 0 Å². The molecule has 0 radical (unpaired) electrons. The van der Waals surface area contributed by atoms with E-state index < -0.39 is 10.1 Å². The summed E-state index contributed by atoms with van der Waals surface area (Å²) in [5.41, 5.74) is 3.55. The Bertz CT molecular complexity index is 854. The second-order valence-electron chi connectivity index (χ2n) is 5.71. The van der Waals surface area contributed by atoms with Crippen molar-refractivity contribution in [1.82, 2.24) is 0 Å². The number of rotatable bonds is 4. The molecular formula is C18H20O4S. The number of benzene rings is 2. The number of aryl methyl sites for hydroxylation is 2. The first-order chi connectivity index (χ1) is 10.6. The van der Waals surface area contributed by atoms with Gasteiger partial charge in [0, 0.05) is 5.56 Å². The number of carbonyl (C=O) groups excluding carboxylic acids is 1. The van der Waals surface area contributed by atoms with E-state index in [9.17, 15) is 13.2 Å². The highest BCUT2D eigenvalue weighted by molar-refractivity contribution is 7.87. The zero-order valence-corrected chi connectivity index (χ0v) is 14.7. The van der Waals surface area contributed by atoms with E-state index in [-0.39, 0.29) is 16.4 Å². The van der Waals surface area contributed by atoms with Gasteiger partial charge in [-0.2, -0.15) is 8.42 Å². The molecule has 0 heterocycles. The van der Waals surface area contributed by atoms with Gasteiger partial charge in [-0.25, -0.2) is 0 Å². The zero-order chi connectivity index (χ0) is 17.4. The summed E-state index contributed by atoms with van der Waals surface area (Å²) in [7, 11) is -3.97. The fourth-order valence-electron chi connectivity index (χ4n) is 2.49. The van der Waals surface area contributed by atoms with E-state index in [0.717, 1.165) is 11.1 Å². The Labute approximate surface area is 137 Å². The van der Waals surface area contributed by atoms with Gasteiger partial charge in [0.1, 0.15) is 10.6 Å². The molecule has 0 aliphatic carbocycles. The molecule has 122 valence electrons. The normalized spacial score (nSPS) is 11.3. The van der Waals surface area contributed by atoms with Crippen molar-refractivity contribution in [2.45, 2.75) is 39.5 Å². The number of hydrogen-bond donors (Lipinski definition) is 0. The van der Waals surface area contributed by atoms with Crippen LogP contribution in [0.25, 0.3) is 0 Å². The van der Waals surface area contributed by atoms with Crippen LogP contribution in [0, 0.1) is 27.7 Å². The fraction of sp³-hybridized carbons (Fsp3) is 0.278. The molecule has 0 aromatic heterocycles. The van der Waals surface area contributed by atoms with Crippen LogP contribution in [0.2, 0.25) is 0 Å². The van der Waals surface area contributed by atoms with Crippen LogP contribution >= 0.6 is 0 Å². The summed E-state index contributed by atoms with van der Waals surface area (Å²) in [6.45, 7) is 8.70. The quantitative estimate of drug-likeness (QED) is 0.629. The Morgan fingerprint density at radius 3 is 2.04 bits per heavy atom. The lowest BCUT2D eigenvalue weighted by Gasteiger charge is -2.16. The van der Waals surface area contributed by atoms with Crippen LogP contribution in [-0.2, 0) is 10.1 Å². The third-order valence-corrected chi connectivity index (χ3v) is 5.52. The molecule has 0 spiro atoms. The lowest BCUT2D eigenvalue weighted by Crippen LogP contribution is -2.14. The molecule has 0 atom stereocenters. The molecule has 0 saturated carbocycles. The average Bonchev–Trinajstić information content (AvgIpc) is 2.45. The molecular weight excluding hydrogens is 312 g/mol. The van der Waals surface area contributed by atoms with Gasteiger partial charge in [-0.1, -0.05) is 18.2 Å². The lowest BCUT2D eigenvalue weighted by atomic mass is 10.0. The van der Waals surface area contributed by atoms with E-state index >= 15 is 0 Å². The van der Waals surface area contributed by atoms with Crippen molar-refractivity contribution in [3.05, 3.63) is 58.1 Å². The highest BCUT2D eigenvalue weighted by Crippen LogP contribution is 2.29. The number of Topliss-reactive ketones (excluding diaryl/α,β-unsaturated/α-hetero) is 1. The Morgan fingerprint density at radius 2 is 1.52 bits per heavy atom. The van der Waals surface area contributed by atoms with Gasteiger partial charge in [0.25, 0.3) is 0 Å². The molecule has 5 heteroatoms. The molecule has 0 fully saturated rings. The maximum absolute atomic E-state index is 12.7. The van der Waals surface area contributed by atoms with Crippen molar-refractivity contribution in [3.8, 4) is 5.75 Å². The summed E-state index contributed by atoms with van der Waals surface area (Å²) >= 11 is 0. The predicted octanol–water partition coefficient (Wildman–Crippen LogP) is 3.89. The van der Waals surface area contributed by atoms with Gasteiger partial charge in [0.15, 0.2) is 5.78 Å². The fourth-order valence-corrected chi connectivity index (χ4v) is 4.00. The van der Waals surface area contributed by atoms with Crippen LogP contribution in [0.3, 0.4) is 0 Å². The zero-order valence-electron chi connectivity index (χ0n) is 13.9. The second-order valence-corrected chi connectivity index (χ2v) is 7.19. The van der Waals surface area contributed by atoms with Gasteiger partial charge in [0.05, 0.1) is 0 Å². The predicted molar refractivity (Wildman–Crippen MR) is 89.7 cm³/mol. The largest absolute Gasteiger partial charge is 0.379 e. The standard InChI is InChI=1S/C18H20O4S/c1-11-9-12(2)14(4)18(13(11)3)23(20,21)22-17-8-6-7-16(10-17)15(5)19/h6-10H,1-5H3. The van der Waals surface area contributed by atoms with E-state index in [1.54, 1.807) is 26.0 Å². The van der Waals surface area contributed by atoms with Crippen molar-refractivity contribution >= 4 is 15.9 Å². The van der Waals surface area contributed by atoms with E-state index in [2.05, 4.69) is 0 Å². The maximum Gasteiger partial charge on any atom is 0.339 e. The van der Waals surface area contributed by atoms with Gasteiger partial charge >= 0.3 is 10.1 Å². The van der Waals surface area contributed by atoms with E-state index in [1.165, 1.54) is 19.1 Å². The molecule has 2 aromatic carbocycles. The third-order valence-electron chi connectivity index (χ3n) is 3.99. The minimum Gasteiger partial charge on any atom is -0.379 e. The van der Waals surface area contributed by atoms with Crippen molar-refractivity contribution in [2.75, 3.05) is 0 Å². The van der Waals surface area contributed by atoms with Crippen LogP contribution in [0.5, 0.6) is 5.75 Å². The molecule has 0 amide bonds. The Kier molecular flexibility index (Phi) is 4.61. The molecule has 23 heavy (non-hydrogen) atoms. The van der Waals surface area contributed by atoms with E-state index in [4.69, 9.17) is 4.18 Å². The molecule has 4 nitrogen and oxygen atoms in total. The molecule has 2 aromatic rings. The molecule has 0 aliphatic rings. The van der Waals surface area contributed by atoms with Gasteiger partial charge in [-0.05, 0) is 69.0 Å². The van der Waals surface area contributed by atoms with Gasteiger partial charge in [-0.15, -0.1) is 0 Å². The Morgan fingerprint density at radius 1 is 0.957 bits per heavy atom. The van der Waals surface area contributed by atoms with Gasteiger partial charge < -0.3 is 4.18 Å². The molecule has 0 unspecified atom stereocenters. The van der Waals surface area contributed by atoms with E-state index in [0.29, 0.717) is 16.7 Å². The van der Waals surface area contributed by atoms with Crippen LogP contribution < -0.4 is 4.18 Å². The first-order valence-electron chi connectivity index (χ1n) is 7.26. The minimum atomic E-state index is -3.97. The smallest absolute Gasteiger partial charge is 0.339 e. The molecule has 0 N–H and O–H groups in total. The lowest BCUT2D eigenvalue weighted by molar-refractivity contribution is 0.101. The van der Waals surface area contributed by atoms with Crippen LogP contribution in [0.15, 0.2) is 35.2 Å². The summed E-state index contributed by atoms with van der Waals surface area (Å²) < 4.78 is 30.7. The minimum absolute atomic E-state index is 0.135. The van der Waals surface area contributed by atoms with Gasteiger partial charge in [0.2, 0.25) is 0 Å². The molecule has 2 rings (SSSR count). The summed E-state index contributed by atoms with van der Waals surface area (Å²) in [5, 5.41) is 0. The first kappa shape index (κ1) is 17.2. The molecule has 0 saturated heterocycles. The first-order valence-corrected chi connectivity index (χ1v) is 8.67. The van der Waals surface area contributed by atoms with Gasteiger partial charge in [-0.3, -0.25) is 4.79 Å². The molecule has 0 bridgehead atoms. The summed E-state index contributed by atoms with van der Waals surface area (Å²) in [6, 6.07) is 8.14. The number of hydrogen-bond acceptors (Lipinski definition) is 4. The summed E-state index contributed by atoms with van der Waals surface area (Å²) in [4.78, 5) is 11.6. The molecule has 0 aliphatic heterocycles. The number of ketones is 1. The monoisotopic (exact) mass is 332 g/mol. The van der Waals surface area contributed by atoms with Crippen molar-refractivity contribution < 1.29 is 17.4 Å². The van der Waals surface area contributed by atoms with Crippen LogP contribution in [0.4, 0.5) is 0 Å². The second kappa shape index (κ2) is 6.16. The Balaban J connectivity index is 2.53. The van der Waals surface area contributed by atoms with Crippen LogP contribution in [-0.4, -0.2) is 14.2 Å². The highest BCUT2D eigenvalue weighted by Gasteiger charge is 2.24. The van der Waals surface area contributed by atoms with Crippen molar-refractivity contribution in [1.29, 1.82) is 0 Å². The number of carbonyl (C=O) groups is 1. The van der Waals surface area contributed by atoms with Crippen molar-refractivity contribution in [2.24, 2.45) is 0 Å². The summed E-state index contributed by atoms with van der Waals surface area (Å²) in [5.74, 6) is -0.0118. The SMILES string of the molecule is CC(=O)c1cccc(OS(=O)(=O)c2c(C)c(C)cc(C)c2C)c1. The Hall–Kier alpha value is -2.14. The highest BCUT2D eigenvalue weighted by atomic mass is 32.2. The maximum atomic E-state index is 12.7. The third kappa shape index (κ3) is 3.45. The van der Waals surface area contributed by atoms with Crippen LogP contribution in [0.1, 0.15) is 39.5 Å².